The second-order valence-corrected chi connectivity index (χ2v) is 6.32. The number of piperidine rings is 1. The highest BCUT2D eigenvalue weighted by molar-refractivity contribution is 5.78. The summed E-state index contributed by atoms with van der Waals surface area (Å²) in [5.74, 6) is 0.709. The Balaban J connectivity index is 1.97. The number of rotatable bonds is 5. The first-order valence-electron chi connectivity index (χ1n) is 8.80. The van der Waals surface area contributed by atoms with Gasteiger partial charge in [0.15, 0.2) is 5.82 Å². The third kappa shape index (κ3) is 3.71. The fourth-order valence-corrected chi connectivity index (χ4v) is 3.38. The van der Waals surface area contributed by atoms with Crippen molar-refractivity contribution in [3.63, 3.8) is 0 Å². The van der Waals surface area contributed by atoms with Gasteiger partial charge in [-0.05, 0) is 45.2 Å². The highest BCUT2D eigenvalue weighted by atomic mass is 16.5. The third-order valence-electron chi connectivity index (χ3n) is 4.54. The number of ether oxygens (including phenoxy) is 1. The summed E-state index contributed by atoms with van der Waals surface area (Å²) in [4.78, 5) is 23.7. The topological polar surface area (TPSA) is 73.1 Å². The van der Waals surface area contributed by atoms with Crippen LogP contribution in [0.5, 0.6) is 0 Å². The number of aryl methyl sites for hydroxylation is 2. The van der Waals surface area contributed by atoms with Crippen LogP contribution >= 0.6 is 0 Å². The summed E-state index contributed by atoms with van der Waals surface area (Å²) in [6.45, 7) is 5.62. The minimum absolute atomic E-state index is 0.00236. The standard InChI is InChI=1S/C18H25N5O2/c1-4-23-15(8-9-19-23)14-11-13(2)20-18(21-14)16-7-5-6-10-22(16)17(24)12-25-3/h8-9,11,16H,4-7,10,12H2,1-3H3/t16-/m1/s1. The molecule has 0 bridgehead atoms. The summed E-state index contributed by atoms with van der Waals surface area (Å²) in [5.41, 5.74) is 2.72. The van der Waals surface area contributed by atoms with E-state index in [-0.39, 0.29) is 18.6 Å². The van der Waals surface area contributed by atoms with Gasteiger partial charge < -0.3 is 9.64 Å². The van der Waals surface area contributed by atoms with Gasteiger partial charge in [-0.2, -0.15) is 5.10 Å². The van der Waals surface area contributed by atoms with Gasteiger partial charge in [-0.15, -0.1) is 0 Å². The van der Waals surface area contributed by atoms with E-state index in [9.17, 15) is 4.79 Å². The fourth-order valence-electron chi connectivity index (χ4n) is 3.38. The molecule has 0 radical (unpaired) electrons. The Morgan fingerprint density at radius 3 is 2.96 bits per heavy atom. The van der Waals surface area contributed by atoms with Crippen molar-refractivity contribution in [1.29, 1.82) is 0 Å². The molecule has 2 aromatic rings. The Labute approximate surface area is 148 Å². The number of amides is 1. The first-order chi connectivity index (χ1) is 12.1. The van der Waals surface area contributed by atoms with Crippen LogP contribution in [-0.2, 0) is 16.1 Å². The summed E-state index contributed by atoms with van der Waals surface area (Å²) in [7, 11) is 1.55. The summed E-state index contributed by atoms with van der Waals surface area (Å²) in [6.07, 6.45) is 4.74. The molecule has 0 aliphatic carbocycles. The van der Waals surface area contributed by atoms with Crippen molar-refractivity contribution < 1.29 is 9.53 Å². The summed E-state index contributed by atoms with van der Waals surface area (Å²) in [6, 6.07) is 3.84. The van der Waals surface area contributed by atoms with Gasteiger partial charge in [0, 0.05) is 32.1 Å². The highest BCUT2D eigenvalue weighted by Crippen LogP contribution is 2.30. The van der Waals surface area contributed by atoms with Crippen LogP contribution in [0.25, 0.3) is 11.4 Å². The molecular formula is C18H25N5O2. The largest absolute Gasteiger partial charge is 0.375 e. The van der Waals surface area contributed by atoms with Gasteiger partial charge in [0.1, 0.15) is 6.61 Å². The molecule has 7 nitrogen and oxygen atoms in total. The van der Waals surface area contributed by atoms with E-state index in [1.54, 1.807) is 13.3 Å². The Bertz CT molecular complexity index is 743. The lowest BCUT2D eigenvalue weighted by Crippen LogP contribution is -2.41. The minimum atomic E-state index is -0.0898. The van der Waals surface area contributed by atoms with E-state index in [1.807, 2.05) is 28.6 Å². The molecule has 3 heterocycles. The van der Waals surface area contributed by atoms with E-state index in [1.165, 1.54) is 0 Å². The van der Waals surface area contributed by atoms with Gasteiger partial charge in [0.25, 0.3) is 0 Å². The second kappa shape index (κ2) is 7.74. The van der Waals surface area contributed by atoms with Gasteiger partial charge in [-0.3, -0.25) is 9.48 Å². The number of aromatic nitrogens is 4. The van der Waals surface area contributed by atoms with Crippen LogP contribution in [0.2, 0.25) is 0 Å². The van der Waals surface area contributed by atoms with Crippen molar-refractivity contribution in [3.05, 3.63) is 29.8 Å². The normalized spacial score (nSPS) is 17.7. The number of likely N-dealkylation sites (tertiary alicyclic amines) is 1. The molecule has 0 unspecified atom stereocenters. The van der Waals surface area contributed by atoms with Crippen LogP contribution in [0.3, 0.4) is 0 Å². The molecule has 0 N–H and O–H groups in total. The number of carbonyl (C=O) groups is 1. The van der Waals surface area contributed by atoms with Gasteiger partial charge in [-0.25, -0.2) is 9.97 Å². The Morgan fingerprint density at radius 2 is 2.20 bits per heavy atom. The molecule has 1 saturated heterocycles. The highest BCUT2D eigenvalue weighted by Gasteiger charge is 2.30. The quantitative estimate of drug-likeness (QED) is 0.833. The molecule has 1 aliphatic heterocycles. The van der Waals surface area contributed by atoms with Gasteiger partial charge in [0.2, 0.25) is 5.91 Å². The number of hydrogen-bond donors (Lipinski definition) is 0. The van der Waals surface area contributed by atoms with E-state index in [2.05, 4.69) is 17.0 Å². The lowest BCUT2D eigenvalue weighted by Gasteiger charge is -2.34. The molecule has 0 saturated carbocycles. The molecule has 0 spiro atoms. The Hall–Kier alpha value is -2.28. The Morgan fingerprint density at radius 1 is 1.36 bits per heavy atom. The van der Waals surface area contributed by atoms with E-state index in [0.717, 1.165) is 49.4 Å². The Kier molecular flexibility index (Phi) is 5.43. The van der Waals surface area contributed by atoms with Crippen molar-refractivity contribution in [2.45, 2.75) is 45.7 Å². The maximum absolute atomic E-state index is 12.4. The average molecular weight is 343 g/mol. The fraction of sp³-hybridized carbons (Fsp3) is 0.556. The van der Waals surface area contributed by atoms with Crippen LogP contribution in [0, 0.1) is 6.92 Å². The minimum Gasteiger partial charge on any atom is -0.375 e. The van der Waals surface area contributed by atoms with E-state index < -0.39 is 0 Å². The number of methoxy groups -OCH3 is 1. The van der Waals surface area contributed by atoms with Crippen LogP contribution < -0.4 is 0 Å². The second-order valence-electron chi connectivity index (χ2n) is 6.32. The summed E-state index contributed by atoms with van der Waals surface area (Å²) < 4.78 is 6.95. The van der Waals surface area contributed by atoms with Crippen LogP contribution in [-0.4, -0.2) is 50.8 Å². The van der Waals surface area contributed by atoms with Gasteiger partial charge in [0.05, 0.1) is 17.4 Å². The smallest absolute Gasteiger partial charge is 0.249 e. The van der Waals surface area contributed by atoms with Crippen molar-refractivity contribution in [2.24, 2.45) is 0 Å². The zero-order valence-corrected chi connectivity index (χ0v) is 15.1. The first-order valence-corrected chi connectivity index (χ1v) is 8.80. The van der Waals surface area contributed by atoms with Gasteiger partial charge in [-0.1, -0.05) is 0 Å². The third-order valence-corrected chi connectivity index (χ3v) is 4.54. The van der Waals surface area contributed by atoms with Crippen molar-refractivity contribution in [2.75, 3.05) is 20.3 Å². The SMILES string of the molecule is CCn1nccc1-c1cc(C)nc([C@H]2CCCCN2C(=O)COC)n1. The molecule has 134 valence electrons. The van der Waals surface area contributed by atoms with E-state index in [0.29, 0.717) is 5.82 Å². The molecule has 1 aliphatic rings. The molecule has 1 atom stereocenters. The molecule has 1 amide bonds. The molecule has 1 fully saturated rings. The van der Waals surface area contributed by atoms with Crippen molar-refractivity contribution >= 4 is 5.91 Å². The van der Waals surface area contributed by atoms with Crippen LogP contribution in [0.4, 0.5) is 0 Å². The molecule has 2 aromatic heterocycles. The van der Waals surface area contributed by atoms with Crippen molar-refractivity contribution in [1.82, 2.24) is 24.6 Å². The van der Waals surface area contributed by atoms with Gasteiger partial charge >= 0.3 is 0 Å². The lowest BCUT2D eigenvalue weighted by molar-refractivity contribution is -0.139. The molecule has 3 rings (SSSR count). The molecule has 7 heteroatoms. The number of carbonyl (C=O) groups excluding carboxylic acids is 1. The maximum Gasteiger partial charge on any atom is 0.249 e. The first kappa shape index (κ1) is 17.5. The molecule has 25 heavy (non-hydrogen) atoms. The van der Waals surface area contributed by atoms with Crippen LogP contribution in [0.15, 0.2) is 18.3 Å². The van der Waals surface area contributed by atoms with E-state index in [4.69, 9.17) is 9.72 Å². The zero-order chi connectivity index (χ0) is 17.8. The maximum atomic E-state index is 12.4. The number of hydrogen-bond acceptors (Lipinski definition) is 5. The summed E-state index contributed by atoms with van der Waals surface area (Å²) in [5, 5.41) is 4.33. The predicted molar refractivity (Wildman–Crippen MR) is 93.8 cm³/mol. The predicted octanol–water partition coefficient (Wildman–Crippen LogP) is 2.37. The lowest BCUT2D eigenvalue weighted by atomic mass is 10.0. The van der Waals surface area contributed by atoms with Crippen LogP contribution in [0.1, 0.15) is 43.7 Å². The molecular weight excluding hydrogens is 318 g/mol. The number of nitrogens with zero attached hydrogens (tertiary/aromatic N) is 5. The molecule has 0 aromatic carbocycles. The average Bonchev–Trinajstić information content (AvgIpc) is 3.10. The summed E-state index contributed by atoms with van der Waals surface area (Å²) >= 11 is 0. The zero-order valence-electron chi connectivity index (χ0n) is 15.1. The van der Waals surface area contributed by atoms with Crippen molar-refractivity contribution in [3.8, 4) is 11.4 Å². The monoisotopic (exact) mass is 343 g/mol. The van der Waals surface area contributed by atoms with E-state index >= 15 is 0 Å².